The largest absolute Gasteiger partial charge is 0.481 e. The number of aliphatic carboxylic acids is 1. The molecule has 1 aromatic carbocycles. The van der Waals surface area contributed by atoms with Gasteiger partial charge in [-0.1, -0.05) is 28.9 Å². The molecule has 3 rings (SSSR count). The van der Waals surface area contributed by atoms with Crippen molar-refractivity contribution in [2.24, 2.45) is 5.92 Å². The third-order valence-corrected chi connectivity index (χ3v) is 3.90. The van der Waals surface area contributed by atoms with E-state index in [9.17, 15) is 9.59 Å². The highest BCUT2D eigenvalue weighted by Crippen LogP contribution is 2.25. The third-order valence-electron chi connectivity index (χ3n) is 3.66. The topological polar surface area (TPSA) is 83.6 Å². The minimum absolute atomic E-state index is 0. The van der Waals surface area contributed by atoms with Gasteiger partial charge in [0.2, 0.25) is 0 Å². The minimum atomic E-state index is -0.880. The highest BCUT2D eigenvalue weighted by atomic mass is 35.5. The van der Waals surface area contributed by atoms with Crippen LogP contribution in [0, 0.1) is 5.92 Å². The lowest BCUT2D eigenvalue weighted by Crippen LogP contribution is -2.30. The number of likely N-dealkylation sites (tertiary alicyclic amines) is 1. The monoisotopic (exact) mass is 356 g/mol. The van der Waals surface area contributed by atoms with Crippen LogP contribution in [0.5, 0.6) is 0 Å². The molecule has 1 aromatic heterocycles. The van der Waals surface area contributed by atoms with Crippen molar-refractivity contribution >= 4 is 35.9 Å². The Morgan fingerprint density at radius 1 is 1.35 bits per heavy atom. The summed E-state index contributed by atoms with van der Waals surface area (Å²) < 4.78 is 5.19. The number of halogens is 2. The van der Waals surface area contributed by atoms with Gasteiger partial charge in [0.05, 0.1) is 5.92 Å². The summed E-state index contributed by atoms with van der Waals surface area (Å²) in [6, 6.07) is 8.58. The number of hydrogen-bond acceptors (Lipinski definition) is 4. The number of carbonyl (C=O) groups excluding carboxylic acids is 1. The number of benzene rings is 1. The molecule has 1 amide bonds. The van der Waals surface area contributed by atoms with Gasteiger partial charge in [-0.15, -0.1) is 12.4 Å². The van der Waals surface area contributed by atoms with Gasteiger partial charge in [-0.2, -0.15) is 0 Å². The number of carboxylic acids is 1. The van der Waals surface area contributed by atoms with Gasteiger partial charge in [0, 0.05) is 29.7 Å². The van der Waals surface area contributed by atoms with Gasteiger partial charge >= 0.3 is 5.97 Å². The number of amides is 1. The van der Waals surface area contributed by atoms with Crippen molar-refractivity contribution in [1.82, 2.24) is 10.1 Å². The maximum Gasteiger partial charge on any atom is 0.308 e. The van der Waals surface area contributed by atoms with Crippen LogP contribution < -0.4 is 0 Å². The van der Waals surface area contributed by atoms with Crippen LogP contribution in [0.15, 0.2) is 34.9 Å². The molecule has 2 heterocycles. The van der Waals surface area contributed by atoms with Crippen LogP contribution in [0.4, 0.5) is 0 Å². The highest BCUT2D eigenvalue weighted by Gasteiger charge is 2.32. The number of carboxylic acid groups (broad SMARTS) is 1. The Balaban J connectivity index is 0.00000192. The molecule has 122 valence electrons. The number of carbonyl (C=O) groups is 2. The molecule has 0 aliphatic carbocycles. The van der Waals surface area contributed by atoms with E-state index in [0.717, 1.165) is 5.56 Å². The maximum atomic E-state index is 12.3. The van der Waals surface area contributed by atoms with Gasteiger partial charge in [-0.25, -0.2) is 0 Å². The summed E-state index contributed by atoms with van der Waals surface area (Å²) in [4.78, 5) is 24.7. The van der Waals surface area contributed by atoms with Crippen molar-refractivity contribution in [3.63, 3.8) is 0 Å². The van der Waals surface area contributed by atoms with E-state index in [1.54, 1.807) is 30.3 Å². The first-order chi connectivity index (χ1) is 10.5. The number of nitrogens with zero attached hydrogens (tertiary/aromatic N) is 2. The highest BCUT2D eigenvalue weighted by molar-refractivity contribution is 6.30. The second kappa shape index (κ2) is 7.02. The summed E-state index contributed by atoms with van der Waals surface area (Å²) in [6.45, 7) is 0.614. The minimum Gasteiger partial charge on any atom is -0.481 e. The Hall–Kier alpha value is -2.05. The van der Waals surface area contributed by atoms with Crippen molar-refractivity contribution in [3.8, 4) is 11.3 Å². The summed E-state index contributed by atoms with van der Waals surface area (Å²) in [6.07, 6.45) is 0.458. The molecule has 2 aromatic rings. The maximum absolute atomic E-state index is 12.3. The third kappa shape index (κ3) is 3.65. The van der Waals surface area contributed by atoms with Crippen LogP contribution >= 0.6 is 24.0 Å². The van der Waals surface area contributed by atoms with Crippen molar-refractivity contribution in [1.29, 1.82) is 0 Å². The fraction of sp³-hybridized carbons (Fsp3) is 0.267. The van der Waals surface area contributed by atoms with Gasteiger partial charge in [-0.3, -0.25) is 9.59 Å². The molecule has 6 nitrogen and oxygen atoms in total. The SMILES string of the molecule is Cl.O=C(O)C1CCN(C(=O)c2cc(-c3cccc(Cl)c3)on2)C1. The quantitative estimate of drug-likeness (QED) is 0.913. The van der Waals surface area contributed by atoms with Gasteiger partial charge in [0.1, 0.15) is 0 Å². The Kier molecular flexibility index (Phi) is 5.28. The molecule has 8 heteroatoms. The Labute approximate surface area is 143 Å². The molecule has 1 aliphatic rings. The first-order valence-corrected chi connectivity index (χ1v) is 7.17. The molecular formula is C15H14Cl2N2O4. The zero-order chi connectivity index (χ0) is 15.7. The van der Waals surface area contributed by atoms with E-state index < -0.39 is 11.9 Å². The van der Waals surface area contributed by atoms with Crippen LogP contribution in [0.3, 0.4) is 0 Å². The molecule has 1 aliphatic heterocycles. The Morgan fingerprint density at radius 3 is 2.78 bits per heavy atom. The summed E-state index contributed by atoms with van der Waals surface area (Å²) in [5.74, 6) is -1.26. The fourth-order valence-electron chi connectivity index (χ4n) is 2.46. The van der Waals surface area contributed by atoms with Crippen molar-refractivity contribution in [3.05, 3.63) is 41.0 Å². The molecule has 1 saturated heterocycles. The van der Waals surface area contributed by atoms with E-state index in [0.29, 0.717) is 23.7 Å². The van der Waals surface area contributed by atoms with Crippen molar-refractivity contribution < 1.29 is 19.2 Å². The summed E-state index contributed by atoms with van der Waals surface area (Å²) in [5.41, 5.74) is 0.893. The molecule has 0 saturated carbocycles. The smallest absolute Gasteiger partial charge is 0.308 e. The summed E-state index contributed by atoms with van der Waals surface area (Å²) >= 11 is 5.92. The van der Waals surface area contributed by atoms with E-state index >= 15 is 0 Å². The van der Waals surface area contributed by atoms with Gasteiger partial charge < -0.3 is 14.5 Å². The van der Waals surface area contributed by atoms with E-state index in [2.05, 4.69) is 5.16 Å². The molecule has 1 N–H and O–H groups in total. The molecule has 23 heavy (non-hydrogen) atoms. The lowest BCUT2D eigenvalue weighted by Gasteiger charge is -2.13. The van der Waals surface area contributed by atoms with Crippen LogP contribution in [0.1, 0.15) is 16.9 Å². The van der Waals surface area contributed by atoms with Crippen LogP contribution in [-0.2, 0) is 4.79 Å². The Bertz CT molecular complexity index is 732. The van der Waals surface area contributed by atoms with E-state index in [4.69, 9.17) is 21.2 Å². The van der Waals surface area contributed by atoms with Crippen LogP contribution in [0.2, 0.25) is 5.02 Å². The molecule has 1 unspecified atom stereocenters. The second-order valence-corrected chi connectivity index (χ2v) is 5.60. The predicted octanol–water partition coefficient (Wildman–Crippen LogP) is 2.96. The van der Waals surface area contributed by atoms with Crippen LogP contribution in [-0.4, -0.2) is 40.1 Å². The lowest BCUT2D eigenvalue weighted by atomic mass is 10.1. The van der Waals surface area contributed by atoms with Crippen molar-refractivity contribution in [2.75, 3.05) is 13.1 Å². The standard InChI is InChI=1S/C15H13ClN2O4.ClH/c16-11-3-1-2-9(6-11)13-7-12(17-22-13)14(19)18-5-4-10(8-18)15(20)21;/h1-3,6-7,10H,4-5,8H2,(H,20,21);1H. The van der Waals surface area contributed by atoms with Crippen molar-refractivity contribution in [2.45, 2.75) is 6.42 Å². The first-order valence-electron chi connectivity index (χ1n) is 6.79. The first kappa shape index (κ1) is 17.3. The fourth-order valence-corrected chi connectivity index (χ4v) is 2.65. The van der Waals surface area contributed by atoms with Crippen LogP contribution in [0.25, 0.3) is 11.3 Å². The molecule has 1 fully saturated rings. The predicted molar refractivity (Wildman–Crippen MR) is 85.8 cm³/mol. The zero-order valence-electron chi connectivity index (χ0n) is 11.9. The van der Waals surface area contributed by atoms with Gasteiger partial charge in [-0.05, 0) is 18.6 Å². The zero-order valence-corrected chi connectivity index (χ0v) is 13.5. The molecule has 1 atom stereocenters. The molecule has 0 radical (unpaired) electrons. The van der Waals surface area contributed by atoms with E-state index in [1.807, 2.05) is 0 Å². The normalized spacial score (nSPS) is 16.9. The van der Waals surface area contributed by atoms with Gasteiger partial charge in [0.25, 0.3) is 5.91 Å². The molecule has 0 spiro atoms. The second-order valence-electron chi connectivity index (χ2n) is 5.16. The summed E-state index contributed by atoms with van der Waals surface area (Å²) in [7, 11) is 0. The summed E-state index contributed by atoms with van der Waals surface area (Å²) in [5, 5.41) is 13.3. The van der Waals surface area contributed by atoms with Gasteiger partial charge in [0.15, 0.2) is 11.5 Å². The number of hydrogen-bond donors (Lipinski definition) is 1. The number of aromatic nitrogens is 1. The molecular weight excluding hydrogens is 343 g/mol. The lowest BCUT2D eigenvalue weighted by molar-refractivity contribution is -0.141. The van der Waals surface area contributed by atoms with E-state index in [-0.39, 0.29) is 30.6 Å². The Morgan fingerprint density at radius 2 is 2.13 bits per heavy atom. The van der Waals surface area contributed by atoms with E-state index in [1.165, 1.54) is 4.90 Å². The average molecular weight is 357 g/mol. The molecule has 0 bridgehead atoms. The number of rotatable bonds is 3. The average Bonchev–Trinajstić information content (AvgIpc) is 3.16.